The highest BCUT2D eigenvalue weighted by Crippen LogP contribution is 2.29. The van der Waals surface area contributed by atoms with Crippen molar-refractivity contribution < 1.29 is 19.1 Å². The Labute approximate surface area is 151 Å². The second-order valence-corrected chi connectivity index (χ2v) is 6.20. The van der Waals surface area contributed by atoms with Gasteiger partial charge in [-0.05, 0) is 43.2 Å². The molecule has 0 radical (unpaired) electrons. The molecule has 3 rings (SSSR count). The SMILES string of the molecule is COc1ccc(Cl)cc1C(=O)O[C@@H](C)C(=O)N1CCc2ccccc21. The van der Waals surface area contributed by atoms with Crippen LogP contribution in [0, 0.1) is 0 Å². The minimum absolute atomic E-state index is 0.191. The van der Waals surface area contributed by atoms with Gasteiger partial charge in [0.1, 0.15) is 11.3 Å². The highest BCUT2D eigenvalue weighted by atomic mass is 35.5. The largest absolute Gasteiger partial charge is 0.496 e. The number of esters is 1. The van der Waals surface area contributed by atoms with Crippen LogP contribution in [0.2, 0.25) is 5.02 Å². The summed E-state index contributed by atoms with van der Waals surface area (Å²) in [5.74, 6) is -0.549. The topological polar surface area (TPSA) is 55.8 Å². The van der Waals surface area contributed by atoms with Crippen molar-refractivity contribution in [2.45, 2.75) is 19.4 Å². The number of rotatable bonds is 4. The number of para-hydroxylation sites is 1. The number of ether oxygens (including phenoxy) is 2. The van der Waals surface area contributed by atoms with Gasteiger partial charge in [0.2, 0.25) is 0 Å². The molecule has 130 valence electrons. The van der Waals surface area contributed by atoms with E-state index in [2.05, 4.69) is 0 Å². The molecule has 0 N–H and O–H groups in total. The van der Waals surface area contributed by atoms with Crippen molar-refractivity contribution in [1.82, 2.24) is 0 Å². The lowest BCUT2D eigenvalue weighted by Gasteiger charge is -2.22. The van der Waals surface area contributed by atoms with E-state index < -0.39 is 12.1 Å². The molecule has 0 unspecified atom stereocenters. The molecule has 2 aromatic rings. The van der Waals surface area contributed by atoms with E-state index >= 15 is 0 Å². The molecule has 0 aliphatic carbocycles. The number of hydrogen-bond donors (Lipinski definition) is 0. The van der Waals surface area contributed by atoms with Gasteiger partial charge in [-0.3, -0.25) is 4.79 Å². The average Bonchev–Trinajstić information content (AvgIpc) is 3.05. The number of carbonyl (C=O) groups is 2. The number of carbonyl (C=O) groups excluding carboxylic acids is 2. The minimum Gasteiger partial charge on any atom is -0.496 e. The van der Waals surface area contributed by atoms with E-state index in [4.69, 9.17) is 21.1 Å². The summed E-state index contributed by atoms with van der Waals surface area (Å²) in [4.78, 5) is 26.8. The third-order valence-electron chi connectivity index (χ3n) is 4.17. The van der Waals surface area contributed by atoms with Crippen molar-refractivity contribution >= 4 is 29.2 Å². The van der Waals surface area contributed by atoms with Crippen LogP contribution in [0.25, 0.3) is 0 Å². The minimum atomic E-state index is -0.914. The molecule has 0 fully saturated rings. The predicted molar refractivity (Wildman–Crippen MR) is 95.4 cm³/mol. The first-order valence-corrected chi connectivity index (χ1v) is 8.33. The van der Waals surface area contributed by atoms with Gasteiger partial charge in [0.05, 0.1) is 7.11 Å². The third kappa shape index (κ3) is 3.46. The van der Waals surface area contributed by atoms with Gasteiger partial charge in [0, 0.05) is 17.3 Å². The number of anilines is 1. The predicted octanol–water partition coefficient (Wildman–Crippen LogP) is 3.48. The number of benzene rings is 2. The fraction of sp³-hybridized carbons (Fsp3) is 0.263. The number of fused-ring (bicyclic) bond motifs is 1. The Morgan fingerprint density at radius 3 is 2.72 bits per heavy atom. The van der Waals surface area contributed by atoms with Crippen LogP contribution in [0.1, 0.15) is 22.8 Å². The van der Waals surface area contributed by atoms with Crippen LogP contribution in [0.15, 0.2) is 42.5 Å². The van der Waals surface area contributed by atoms with E-state index in [1.165, 1.54) is 13.2 Å². The van der Waals surface area contributed by atoms with Crippen LogP contribution in [-0.4, -0.2) is 31.6 Å². The Morgan fingerprint density at radius 1 is 1.20 bits per heavy atom. The van der Waals surface area contributed by atoms with Crippen LogP contribution in [0.4, 0.5) is 5.69 Å². The summed E-state index contributed by atoms with van der Waals surface area (Å²) in [7, 11) is 1.45. The molecule has 0 saturated carbocycles. The van der Waals surface area contributed by atoms with Crippen molar-refractivity contribution in [2.24, 2.45) is 0 Å². The molecule has 0 aromatic heterocycles. The maximum atomic E-state index is 12.7. The molecule has 1 amide bonds. The molecule has 2 aromatic carbocycles. The molecular weight excluding hydrogens is 342 g/mol. The molecule has 25 heavy (non-hydrogen) atoms. The zero-order valence-electron chi connectivity index (χ0n) is 14.0. The summed E-state index contributed by atoms with van der Waals surface area (Å²) in [5, 5.41) is 0.389. The lowest BCUT2D eigenvalue weighted by Crippen LogP contribution is -2.39. The van der Waals surface area contributed by atoms with Crippen molar-refractivity contribution in [1.29, 1.82) is 0 Å². The van der Waals surface area contributed by atoms with Crippen LogP contribution >= 0.6 is 11.6 Å². The van der Waals surface area contributed by atoms with Gasteiger partial charge in [-0.1, -0.05) is 29.8 Å². The highest BCUT2D eigenvalue weighted by molar-refractivity contribution is 6.31. The van der Waals surface area contributed by atoms with Gasteiger partial charge in [-0.15, -0.1) is 0 Å². The maximum Gasteiger partial charge on any atom is 0.342 e. The Hall–Kier alpha value is -2.53. The Kier molecular flexibility index (Phi) is 4.95. The molecule has 5 nitrogen and oxygen atoms in total. The second kappa shape index (κ2) is 7.15. The molecule has 1 atom stereocenters. The Balaban J connectivity index is 1.74. The summed E-state index contributed by atoms with van der Waals surface area (Å²) in [6.07, 6.45) is -0.118. The first-order valence-electron chi connectivity index (χ1n) is 7.95. The van der Waals surface area contributed by atoms with Crippen LogP contribution in [-0.2, 0) is 16.0 Å². The van der Waals surface area contributed by atoms with Crippen LogP contribution in [0.3, 0.4) is 0 Å². The van der Waals surface area contributed by atoms with Crippen LogP contribution in [0.5, 0.6) is 5.75 Å². The van der Waals surface area contributed by atoms with Gasteiger partial charge in [-0.2, -0.15) is 0 Å². The zero-order chi connectivity index (χ0) is 18.0. The van der Waals surface area contributed by atoms with Gasteiger partial charge in [-0.25, -0.2) is 4.79 Å². The smallest absolute Gasteiger partial charge is 0.342 e. The summed E-state index contributed by atoms with van der Waals surface area (Å²) >= 11 is 5.94. The Bertz CT molecular complexity index is 821. The zero-order valence-corrected chi connectivity index (χ0v) is 14.7. The monoisotopic (exact) mass is 359 g/mol. The van der Waals surface area contributed by atoms with E-state index in [0.29, 0.717) is 17.3 Å². The van der Waals surface area contributed by atoms with Crippen molar-refractivity contribution in [3.05, 3.63) is 58.6 Å². The molecule has 1 aliphatic rings. The molecule has 0 saturated heterocycles. The lowest BCUT2D eigenvalue weighted by atomic mass is 10.2. The molecule has 0 spiro atoms. The molecule has 1 heterocycles. The lowest BCUT2D eigenvalue weighted by molar-refractivity contribution is -0.126. The van der Waals surface area contributed by atoms with E-state index in [9.17, 15) is 9.59 Å². The number of hydrogen-bond acceptors (Lipinski definition) is 4. The molecular formula is C19H18ClNO4. The number of halogens is 1. The fourth-order valence-corrected chi connectivity index (χ4v) is 3.07. The van der Waals surface area contributed by atoms with Gasteiger partial charge < -0.3 is 14.4 Å². The van der Waals surface area contributed by atoms with Gasteiger partial charge in [0.15, 0.2) is 6.10 Å². The summed E-state index contributed by atoms with van der Waals surface area (Å²) in [6, 6.07) is 12.4. The summed E-state index contributed by atoms with van der Waals surface area (Å²) < 4.78 is 10.5. The van der Waals surface area contributed by atoms with E-state index in [1.807, 2.05) is 24.3 Å². The normalized spacial score (nSPS) is 14.0. The van der Waals surface area contributed by atoms with Crippen molar-refractivity contribution in [2.75, 3.05) is 18.6 Å². The molecule has 0 bridgehead atoms. The van der Waals surface area contributed by atoms with E-state index in [-0.39, 0.29) is 11.5 Å². The highest BCUT2D eigenvalue weighted by Gasteiger charge is 2.30. The number of amides is 1. The summed E-state index contributed by atoms with van der Waals surface area (Å²) in [6.45, 7) is 2.15. The van der Waals surface area contributed by atoms with Gasteiger partial charge >= 0.3 is 5.97 Å². The molecule has 1 aliphatic heterocycles. The van der Waals surface area contributed by atoms with Crippen molar-refractivity contribution in [3.63, 3.8) is 0 Å². The fourth-order valence-electron chi connectivity index (χ4n) is 2.90. The number of nitrogens with zero attached hydrogens (tertiary/aromatic N) is 1. The standard InChI is InChI=1S/C19H18ClNO4/c1-12(18(22)21-10-9-13-5-3-4-6-16(13)21)25-19(23)15-11-14(20)7-8-17(15)24-2/h3-8,11-12H,9-10H2,1-2H3/t12-/m0/s1. The maximum absolute atomic E-state index is 12.7. The van der Waals surface area contributed by atoms with E-state index in [1.54, 1.807) is 24.0 Å². The van der Waals surface area contributed by atoms with Crippen LogP contribution < -0.4 is 9.64 Å². The quantitative estimate of drug-likeness (QED) is 0.784. The van der Waals surface area contributed by atoms with Gasteiger partial charge in [0.25, 0.3) is 5.91 Å². The Morgan fingerprint density at radius 2 is 1.96 bits per heavy atom. The average molecular weight is 360 g/mol. The van der Waals surface area contributed by atoms with E-state index in [0.717, 1.165) is 17.7 Å². The first-order chi connectivity index (χ1) is 12.0. The number of methoxy groups -OCH3 is 1. The molecule has 6 heteroatoms. The summed E-state index contributed by atoms with van der Waals surface area (Å²) in [5.41, 5.74) is 2.18. The third-order valence-corrected chi connectivity index (χ3v) is 4.40. The first kappa shape index (κ1) is 17.3. The van der Waals surface area contributed by atoms with Crippen molar-refractivity contribution in [3.8, 4) is 5.75 Å². The second-order valence-electron chi connectivity index (χ2n) is 5.76.